The standard InChI is InChI=1S/C19H17ClN2O2S2/c1-25-19-21-17(24-10-14(23)11-6-8-12(20)9-7-11)16-13-4-2-3-5-15(13)26-18(16)22-19/h6-9H,2-5,10H2,1H3. The highest BCUT2D eigenvalue weighted by Gasteiger charge is 2.22. The van der Waals surface area contributed by atoms with Crippen molar-refractivity contribution in [1.29, 1.82) is 0 Å². The molecular formula is C19H17ClN2O2S2. The van der Waals surface area contributed by atoms with E-state index >= 15 is 0 Å². The fourth-order valence-electron chi connectivity index (χ4n) is 3.15. The minimum Gasteiger partial charge on any atom is -0.469 e. The maximum Gasteiger partial charge on any atom is 0.227 e. The second-order valence-corrected chi connectivity index (χ2v) is 8.42. The number of Topliss-reactive ketones (excluding diaryl/α,β-unsaturated/α-hetero) is 1. The topological polar surface area (TPSA) is 52.1 Å². The predicted molar refractivity (Wildman–Crippen MR) is 107 cm³/mol. The maximum atomic E-state index is 12.4. The van der Waals surface area contributed by atoms with E-state index < -0.39 is 0 Å². The van der Waals surface area contributed by atoms with Crippen LogP contribution in [-0.2, 0) is 12.8 Å². The van der Waals surface area contributed by atoms with Gasteiger partial charge < -0.3 is 4.74 Å². The zero-order valence-corrected chi connectivity index (χ0v) is 16.6. The molecule has 0 N–H and O–H groups in total. The van der Waals surface area contributed by atoms with Crippen LogP contribution in [-0.4, -0.2) is 28.6 Å². The van der Waals surface area contributed by atoms with Crippen molar-refractivity contribution in [2.45, 2.75) is 30.8 Å². The molecule has 0 saturated heterocycles. The Morgan fingerprint density at radius 2 is 2.00 bits per heavy atom. The average molecular weight is 405 g/mol. The number of aryl methyl sites for hydroxylation is 2. The molecule has 0 unspecified atom stereocenters. The zero-order valence-electron chi connectivity index (χ0n) is 14.3. The molecule has 0 spiro atoms. The SMILES string of the molecule is CSc1nc(OCC(=O)c2ccc(Cl)cc2)c2c3c(sc2n1)CCCC3. The highest BCUT2D eigenvalue weighted by Crippen LogP contribution is 2.40. The number of fused-ring (bicyclic) bond motifs is 3. The molecule has 134 valence electrons. The number of hydrogen-bond donors (Lipinski definition) is 0. The lowest BCUT2D eigenvalue weighted by Gasteiger charge is -2.12. The van der Waals surface area contributed by atoms with Crippen LogP contribution in [0.2, 0.25) is 5.02 Å². The second-order valence-electron chi connectivity index (χ2n) is 6.13. The second kappa shape index (κ2) is 7.55. The first-order valence-electron chi connectivity index (χ1n) is 8.43. The normalized spacial score (nSPS) is 13.6. The minimum absolute atomic E-state index is 0.0494. The number of hydrogen-bond acceptors (Lipinski definition) is 6. The summed E-state index contributed by atoms with van der Waals surface area (Å²) in [6.07, 6.45) is 6.45. The summed E-state index contributed by atoms with van der Waals surface area (Å²) in [5.41, 5.74) is 1.88. The highest BCUT2D eigenvalue weighted by molar-refractivity contribution is 7.98. The van der Waals surface area contributed by atoms with Crippen LogP contribution in [0, 0.1) is 0 Å². The van der Waals surface area contributed by atoms with Crippen LogP contribution in [0.3, 0.4) is 0 Å². The molecule has 0 radical (unpaired) electrons. The van der Waals surface area contributed by atoms with Crippen LogP contribution in [0.25, 0.3) is 10.2 Å². The van der Waals surface area contributed by atoms with Crippen molar-refractivity contribution in [3.63, 3.8) is 0 Å². The van der Waals surface area contributed by atoms with Gasteiger partial charge in [-0.1, -0.05) is 23.4 Å². The average Bonchev–Trinajstić information content (AvgIpc) is 3.04. The number of ether oxygens (including phenoxy) is 1. The molecule has 0 fully saturated rings. The summed E-state index contributed by atoms with van der Waals surface area (Å²) in [5.74, 6) is 0.435. The number of carbonyl (C=O) groups excluding carboxylic acids is 1. The van der Waals surface area contributed by atoms with E-state index in [1.807, 2.05) is 6.26 Å². The van der Waals surface area contributed by atoms with Gasteiger partial charge in [-0.2, -0.15) is 4.98 Å². The number of rotatable bonds is 5. The zero-order chi connectivity index (χ0) is 18.1. The van der Waals surface area contributed by atoms with E-state index in [1.165, 1.54) is 35.0 Å². The van der Waals surface area contributed by atoms with Gasteiger partial charge in [0.2, 0.25) is 5.88 Å². The summed E-state index contributed by atoms with van der Waals surface area (Å²) in [5, 5.41) is 2.27. The number of thioether (sulfide) groups is 1. The van der Waals surface area contributed by atoms with Gasteiger partial charge in [-0.25, -0.2) is 4.98 Å². The summed E-state index contributed by atoms with van der Waals surface area (Å²) >= 11 is 9.09. The molecule has 4 nitrogen and oxygen atoms in total. The first kappa shape index (κ1) is 17.8. The molecule has 4 rings (SSSR count). The summed E-state index contributed by atoms with van der Waals surface area (Å²) in [6, 6.07) is 6.84. The number of benzene rings is 1. The van der Waals surface area contributed by atoms with Gasteiger partial charge in [0.25, 0.3) is 0 Å². The number of thiophene rings is 1. The van der Waals surface area contributed by atoms with Crippen molar-refractivity contribution >= 4 is 50.7 Å². The quantitative estimate of drug-likeness (QED) is 0.332. The van der Waals surface area contributed by atoms with Gasteiger partial charge in [0.05, 0.1) is 5.39 Å². The highest BCUT2D eigenvalue weighted by atomic mass is 35.5. The summed E-state index contributed by atoms with van der Waals surface area (Å²) in [6.45, 7) is -0.0494. The Hall–Kier alpha value is -1.63. The van der Waals surface area contributed by atoms with Crippen molar-refractivity contribution in [3.05, 3.63) is 45.3 Å². The van der Waals surface area contributed by atoms with Crippen molar-refractivity contribution in [1.82, 2.24) is 9.97 Å². The summed E-state index contributed by atoms with van der Waals surface area (Å²) in [7, 11) is 0. The van der Waals surface area contributed by atoms with E-state index in [-0.39, 0.29) is 12.4 Å². The van der Waals surface area contributed by atoms with Crippen molar-refractivity contribution in [2.24, 2.45) is 0 Å². The van der Waals surface area contributed by atoms with Crippen molar-refractivity contribution in [2.75, 3.05) is 12.9 Å². The summed E-state index contributed by atoms with van der Waals surface area (Å²) < 4.78 is 5.89. The monoisotopic (exact) mass is 404 g/mol. The first-order valence-corrected chi connectivity index (χ1v) is 10.9. The number of nitrogens with zero attached hydrogens (tertiary/aromatic N) is 2. The number of ketones is 1. The molecule has 2 heterocycles. The van der Waals surface area contributed by atoms with Gasteiger partial charge in [0, 0.05) is 15.5 Å². The fourth-order valence-corrected chi connectivity index (χ4v) is 4.95. The van der Waals surface area contributed by atoms with Gasteiger partial charge in [0.1, 0.15) is 4.83 Å². The van der Waals surface area contributed by atoms with Crippen LogP contribution in [0.15, 0.2) is 29.4 Å². The molecule has 26 heavy (non-hydrogen) atoms. The Kier molecular flexibility index (Phi) is 5.16. The Bertz CT molecular complexity index is 970. The Balaban J connectivity index is 1.65. The largest absolute Gasteiger partial charge is 0.469 e. The van der Waals surface area contributed by atoms with Crippen LogP contribution >= 0.6 is 34.7 Å². The van der Waals surface area contributed by atoms with Crippen molar-refractivity contribution < 1.29 is 9.53 Å². The van der Waals surface area contributed by atoms with E-state index in [0.29, 0.717) is 21.6 Å². The Labute approximate surface area is 165 Å². The van der Waals surface area contributed by atoms with Crippen molar-refractivity contribution in [3.8, 4) is 5.88 Å². The molecule has 0 aliphatic heterocycles. The molecule has 1 aromatic carbocycles. The Morgan fingerprint density at radius 3 is 2.77 bits per heavy atom. The van der Waals surface area contributed by atoms with Gasteiger partial charge in [-0.05, 0) is 61.8 Å². The molecule has 2 aromatic heterocycles. The van der Waals surface area contributed by atoms with Crippen LogP contribution in [0.5, 0.6) is 5.88 Å². The van der Waals surface area contributed by atoms with Crippen LogP contribution in [0.1, 0.15) is 33.6 Å². The van der Waals surface area contributed by atoms with E-state index in [9.17, 15) is 4.79 Å². The third-order valence-electron chi connectivity index (χ3n) is 4.45. The minimum atomic E-state index is -0.0942. The molecule has 0 saturated carbocycles. The van der Waals surface area contributed by atoms with Gasteiger partial charge in [-0.15, -0.1) is 11.3 Å². The lowest BCUT2D eigenvalue weighted by molar-refractivity contribution is 0.0919. The first-order chi connectivity index (χ1) is 12.7. The smallest absolute Gasteiger partial charge is 0.227 e. The number of halogens is 1. The molecule has 0 atom stereocenters. The lowest BCUT2D eigenvalue weighted by Crippen LogP contribution is -2.13. The third kappa shape index (κ3) is 3.46. The predicted octanol–water partition coefficient (Wildman–Crippen LogP) is 5.21. The van der Waals surface area contributed by atoms with Crippen LogP contribution < -0.4 is 4.74 Å². The number of carbonyl (C=O) groups is 1. The molecule has 1 aliphatic carbocycles. The molecule has 3 aromatic rings. The summed E-state index contributed by atoms with van der Waals surface area (Å²) in [4.78, 5) is 24.0. The molecule has 7 heteroatoms. The fraction of sp³-hybridized carbons (Fsp3) is 0.316. The van der Waals surface area contributed by atoms with E-state index in [0.717, 1.165) is 23.1 Å². The van der Waals surface area contributed by atoms with E-state index in [2.05, 4.69) is 9.97 Å². The molecule has 0 amide bonds. The van der Waals surface area contributed by atoms with Gasteiger partial charge in [0.15, 0.2) is 17.5 Å². The molecule has 1 aliphatic rings. The third-order valence-corrected chi connectivity index (χ3v) is 6.44. The molecule has 0 bridgehead atoms. The maximum absolute atomic E-state index is 12.4. The number of aromatic nitrogens is 2. The van der Waals surface area contributed by atoms with Gasteiger partial charge >= 0.3 is 0 Å². The van der Waals surface area contributed by atoms with Gasteiger partial charge in [-0.3, -0.25) is 4.79 Å². The lowest BCUT2D eigenvalue weighted by atomic mass is 9.97. The van der Waals surface area contributed by atoms with Crippen LogP contribution in [0.4, 0.5) is 0 Å². The van der Waals surface area contributed by atoms with E-state index in [1.54, 1.807) is 35.6 Å². The molecular weight excluding hydrogens is 388 g/mol. The van der Waals surface area contributed by atoms with E-state index in [4.69, 9.17) is 16.3 Å². The Morgan fingerprint density at radius 1 is 1.23 bits per heavy atom.